The van der Waals surface area contributed by atoms with Gasteiger partial charge in [-0.25, -0.2) is 9.59 Å². The summed E-state index contributed by atoms with van der Waals surface area (Å²) in [5.41, 5.74) is 9.53. The number of rotatable bonds is 7. The Labute approximate surface area is 177 Å². The Balaban J connectivity index is 1.66. The molecule has 2 aromatic rings. The molecule has 1 amide bonds. The molecule has 0 saturated heterocycles. The van der Waals surface area contributed by atoms with Gasteiger partial charge in [-0.1, -0.05) is 48.5 Å². The molecule has 2 aromatic carbocycles. The number of ether oxygens (including phenoxy) is 2. The van der Waals surface area contributed by atoms with E-state index in [1.807, 2.05) is 24.3 Å². The number of fused-ring (bicyclic) bond motifs is 3. The fourth-order valence-corrected chi connectivity index (χ4v) is 3.73. The van der Waals surface area contributed by atoms with Crippen LogP contribution in [-0.2, 0) is 14.3 Å². The molecule has 0 unspecified atom stereocenters. The van der Waals surface area contributed by atoms with Gasteiger partial charge < -0.3 is 20.5 Å². The number of carbonyl (C=O) groups is 2. The van der Waals surface area contributed by atoms with Crippen LogP contribution in [0.15, 0.2) is 48.5 Å². The fourth-order valence-electron chi connectivity index (χ4n) is 3.73. The Morgan fingerprint density at radius 2 is 1.60 bits per heavy atom. The Morgan fingerprint density at radius 3 is 2.13 bits per heavy atom. The molecule has 160 valence electrons. The van der Waals surface area contributed by atoms with Crippen LogP contribution in [0.5, 0.6) is 0 Å². The molecule has 3 rings (SSSR count). The van der Waals surface area contributed by atoms with Crippen LogP contribution in [0.1, 0.15) is 50.7 Å². The van der Waals surface area contributed by atoms with Gasteiger partial charge in [-0.05, 0) is 62.4 Å². The lowest BCUT2D eigenvalue weighted by atomic mass is 9.98. The molecule has 0 bridgehead atoms. The summed E-state index contributed by atoms with van der Waals surface area (Å²) >= 11 is 0. The highest BCUT2D eigenvalue weighted by molar-refractivity contribution is 5.82. The van der Waals surface area contributed by atoms with E-state index in [1.165, 1.54) is 0 Å². The summed E-state index contributed by atoms with van der Waals surface area (Å²) in [6.45, 7) is 5.98. The average molecular weight is 411 g/mol. The largest absolute Gasteiger partial charge is 0.458 e. The smallest absolute Gasteiger partial charge is 0.407 e. The van der Waals surface area contributed by atoms with Crippen molar-refractivity contribution in [1.29, 1.82) is 0 Å². The number of nitrogens with two attached hydrogens (primary N) is 1. The predicted molar refractivity (Wildman–Crippen MR) is 116 cm³/mol. The number of esters is 1. The van der Waals surface area contributed by atoms with E-state index in [0.717, 1.165) is 22.3 Å². The maximum Gasteiger partial charge on any atom is 0.407 e. The van der Waals surface area contributed by atoms with Crippen LogP contribution >= 0.6 is 0 Å². The summed E-state index contributed by atoms with van der Waals surface area (Å²) in [7, 11) is 0. The molecule has 6 nitrogen and oxygen atoms in total. The zero-order valence-corrected chi connectivity index (χ0v) is 17.8. The highest BCUT2D eigenvalue weighted by atomic mass is 16.6. The summed E-state index contributed by atoms with van der Waals surface area (Å²) in [5.74, 6) is -0.517. The van der Waals surface area contributed by atoms with E-state index in [-0.39, 0.29) is 12.5 Å². The fraction of sp³-hybridized carbons (Fsp3) is 0.417. The molecule has 3 N–H and O–H groups in total. The molecular weight excluding hydrogens is 380 g/mol. The van der Waals surface area contributed by atoms with E-state index in [9.17, 15) is 9.59 Å². The minimum Gasteiger partial charge on any atom is -0.458 e. The van der Waals surface area contributed by atoms with Crippen molar-refractivity contribution in [1.82, 2.24) is 5.32 Å². The number of amides is 1. The molecule has 1 atom stereocenters. The zero-order chi connectivity index (χ0) is 21.7. The summed E-state index contributed by atoms with van der Waals surface area (Å²) in [5, 5.41) is 2.65. The first-order valence-electron chi connectivity index (χ1n) is 10.3. The Hall–Kier alpha value is -2.86. The molecule has 1 aliphatic rings. The van der Waals surface area contributed by atoms with Crippen LogP contribution in [0.2, 0.25) is 0 Å². The zero-order valence-electron chi connectivity index (χ0n) is 17.8. The van der Waals surface area contributed by atoms with E-state index in [2.05, 4.69) is 29.6 Å². The van der Waals surface area contributed by atoms with Gasteiger partial charge in [0.1, 0.15) is 18.2 Å². The van der Waals surface area contributed by atoms with Gasteiger partial charge in [0.05, 0.1) is 0 Å². The summed E-state index contributed by atoms with van der Waals surface area (Å²) in [6, 6.07) is 15.5. The van der Waals surface area contributed by atoms with Crippen molar-refractivity contribution >= 4 is 12.1 Å². The Kier molecular flexibility index (Phi) is 6.77. The average Bonchev–Trinajstić information content (AvgIpc) is 3.02. The third-order valence-electron chi connectivity index (χ3n) is 5.02. The molecule has 1 aliphatic carbocycles. The monoisotopic (exact) mass is 410 g/mol. The van der Waals surface area contributed by atoms with Crippen molar-refractivity contribution in [3.8, 4) is 11.1 Å². The van der Waals surface area contributed by atoms with Crippen molar-refractivity contribution in [2.24, 2.45) is 5.73 Å². The third-order valence-corrected chi connectivity index (χ3v) is 5.02. The molecule has 0 spiro atoms. The van der Waals surface area contributed by atoms with Crippen LogP contribution in [0, 0.1) is 0 Å². The molecule has 6 heteroatoms. The van der Waals surface area contributed by atoms with E-state index in [4.69, 9.17) is 15.2 Å². The van der Waals surface area contributed by atoms with E-state index in [0.29, 0.717) is 19.4 Å². The molecule has 0 heterocycles. The number of benzene rings is 2. The van der Waals surface area contributed by atoms with Crippen molar-refractivity contribution in [3.05, 3.63) is 59.7 Å². The van der Waals surface area contributed by atoms with Gasteiger partial charge in [-0.3, -0.25) is 0 Å². The quantitative estimate of drug-likeness (QED) is 0.674. The number of carbonyl (C=O) groups excluding carboxylic acids is 2. The molecule has 0 radical (unpaired) electrons. The Morgan fingerprint density at radius 1 is 1.03 bits per heavy atom. The van der Waals surface area contributed by atoms with Gasteiger partial charge in [-0.2, -0.15) is 0 Å². The number of alkyl carbamates (subject to hydrolysis) is 1. The van der Waals surface area contributed by atoms with Crippen molar-refractivity contribution in [2.45, 2.75) is 51.2 Å². The van der Waals surface area contributed by atoms with Crippen LogP contribution in [0.4, 0.5) is 4.79 Å². The van der Waals surface area contributed by atoms with Crippen LogP contribution in [-0.4, -0.2) is 36.9 Å². The second-order valence-electron chi connectivity index (χ2n) is 8.49. The lowest BCUT2D eigenvalue weighted by molar-refractivity contribution is -0.157. The van der Waals surface area contributed by atoms with E-state index in [1.54, 1.807) is 20.8 Å². The maximum absolute atomic E-state index is 12.5. The predicted octanol–water partition coefficient (Wildman–Crippen LogP) is 3.97. The second kappa shape index (κ2) is 9.30. The molecule has 0 aliphatic heterocycles. The van der Waals surface area contributed by atoms with Crippen molar-refractivity contribution < 1.29 is 19.1 Å². The number of hydrogen-bond acceptors (Lipinski definition) is 5. The number of nitrogens with one attached hydrogen (secondary N) is 1. The van der Waals surface area contributed by atoms with E-state index >= 15 is 0 Å². The molecular formula is C24H30N2O4. The highest BCUT2D eigenvalue weighted by Gasteiger charge is 2.30. The van der Waals surface area contributed by atoms with Gasteiger partial charge in [0.25, 0.3) is 0 Å². The molecule has 30 heavy (non-hydrogen) atoms. The molecule has 0 aromatic heterocycles. The van der Waals surface area contributed by atoms with E-state index < -0.39 is 23.7 Å². The first kappa shape index (κ1) is 21.8. The van der Waals surface area contributed by atoms with Crippen LogP contribution < -0.4 is 11.1 Å². The maximum atomic E-state index is 12.5. The minimum absolute atomic E-state index is 0.0350. The van der Waals surface area contributed by atoms with Gasteiger partial charge in [0.2, 0.25) is 0 Å². The highest BCUT2D eigenvalue weighted by Crippen LogP contribution is 2.44. The second-order valence-corrected chi connectivity index (χ2v) is 8.49. The summed E-state index contributed by atoms with van der Waals surface area (Å²) in [6.07, 6.45) is 0.355. The van der Waals surface area contributed by atoms with Gasteiger partial charge in [0, 0.05) is 5.92 Å². The van der Waals surface area contributed by atoms with Crippen LogP contribution in [0.25, 0.3) is 11.1 Å². The van der Waals surface area contributed by atoms with Crippen molar-refractivity contribution in [2.75, 3.05) is 13.2 Å². The van der Waals surface area contributed by atoms with Gasteiger partial charge >= 0.3 is 12.1 Å². The Bertz CT molecular complexity index is 859. The first-order chi connectivity index (χ1) is 14.3. The van der Waals surface area contributed by atoms with Gasteiger partial charge in [-0.15, -0.1) is 0 Å². The topological polar surface area (TPSA) is 90.6 Å². The summed E-state index contributed by atoms with van der Waals surface area (Å²) < 4.78 is 11.0. The normalized spacial score (nSPS) is 13.9. The van der Waals surface area contributed by atoms with Gasteiger partial charge in [0.15, 0.2) is 0 Å². The third kappa shape index (κ3) is 5.19. The van der Waals surface area contributed by atoms with Crippen molar-refractivity contribution in [3.63, 3.8) is 0 Å². The summed E-state index contributed by atoms with van der Waals surface area (Å²) in [4.78, 5) is 24.9. The molecule has 0 saturated carbocycles. The standard InChI is InChI=1S/C24H30N2O4/c1-24(2,3)30-22(27)21(13-8-14-25)26-23(28)29-15-20-18-11-6-4-9-16(18)17-10-5-7-12-19(17)20/h4-7,9-12,20-21H,8,13-15,25H2,1-3H3,(H,26,28)/t21-/m1/s1. The SMILES string of the molecule is CC(C)(C)OC(=O)[C@@H](CCCN)NC(=O)OCC1c2ccccc2-c2ccccc21. The minimum atomic E-state index is -0.788. The lowest BCUT2D eigenvalue weighted by Gasteiger charge is -2.24. The first-order valence-corrected chi connectivity index (χ1v) is 10.3. The van der Waals surface area contributed by atoms with Crippen LogP contribution in [0.3, 0.4) is 0 Å². The lowest BCUT2D eigenvalue weighted by Crippen LogP contribution is -2.44. The molecule has 0 fully saturated rings. The number of hydrogen-bond donors (Lipinski definition) is 2.